The molecule has 0 aliphatic heterocycles. The van der Waals surface area contributed by atoms with Crippen LogP contribution in [-0.4, -0.2) is 0 Å². The van der Waals surface area contributed by atoms with E-state index >= 15 is 0 Å². The van der Waals surface area contributed by atoms with Crippen molar-refractivity contribution in [3.63, 3.8) is 0 Å². The zero-order valence-corrected chi connectivity index (χ0v) is 12.6. The fourth-order valence-electron chi connectivity index (χ4n) is 0.932. The third-order valence-electron chi connectivity index (χ3n) is 2.74. The molecule has 0 saturated carbocycles. The molecule has 17 heavy (non-hydrogen) atoms. The highest BCUT2D eigenvalue weighted by Gasteiger charge is 1.98. The third kappa shape index (κ3) is 8.50. The normalized spacial score (nSPS) is 11.2. The highest BCUT2D eigenvalue weighted by atomic mass is 14.0. The summed E-state index contributed by atoms with van der Waals surface area (Å²) < 4.78 is 0. The molecule has 0 aromatic carbocycles. The topological polar surface area (TPSA) is 0 Å². The zero-order chi connectivity index (χ0) is 14.0. The molecule has 0 aliphatic rings. The molecule has 0 heteroatoms. The van der Waals surface area contributed by atoms with Crippen molar-refractivity contribution < 1.29 is 0 Å². The van der Waals surface area contributed by atoms with Gasteiger partial charge in [-0.25, -0.2) is 0 Å². The molecular weight excluding hydrogens is 204 g/mol. The molecule has 0 nitrogen and oxygen atoms in total. The van der Waals surface area contributed by atoms with E-state index in [0.29, 0.717) is 0 Å². The molecule has 0 saturated heterocycles. The fraction of sp³-hybridized carbons (Fsp3) is 0.412. The number of rotatable bonds is 3. The molecule has 0 amide bonds. The van der Waals surface area contributed by atoms with Crippen LogP contribution in [0.3, 0.4) is 0 Å². The lowest BCUT2D eigenvalue weighted by atomic mass is 10.0. The predicted molar refractivity (Wildman–Crippen MR) is 82.2 cm³/mol. The highest BCUT2D eigenvalue weighted by molar-refractivity contribution is 5.48. The van der Waals surface area contributed by atoms with Crippen molar-refractivity contribution in [3.8, 4) is 0 Å². The van der Waals surface area contributed by atoms with E-state index in [9.17, 15) is 0 Å². The Morgan fingerprint density at radius 1 is 0.824 bits per heavy atom. The van der Waals surface area contributed by atoms with Crippen molar-refractivity contribution in [1.82, 2.24) is 0 Å². The summed E-state index contributed by atoms with van der Waals surface area (Å²) in [5.41, 5.74) is 6.27. The predicted octanol–water partition coefficient (Wildman–Crippen LogP) is 6.00. The van der Waals surface area contributed by atoms with E-state index in [1.165, 1.54) is 22.3 Å². The number of allylic oxidation sites excluding steroid dienone is 8. The van der Waals surface area contributed by atoms with Crippen molar-refractivity contribution in [2.24, 2.45) is 0 Å². The Hall–Kier alpha value is -1.30. The minimum Gasteiger partial charge on any atom is -0.0985 e. The van der Waals surface area contributed by atoms with Crippen LogP contribution in [0.15, 0.2) is 59.3 Å². The summed E-state index contributed by atoms with van der Waals surface area (Å²) in [6.07, 6.45) is 5.91. The van der Waals surface area contributed by atoms with Crippen LogP contribution in [0.4, 0.5) is 0 Å². The highest BCUT2D eigenvalue weighted by Crippen LogP contribution is 2.17. The average molecular weight is 232 g/mol. The second-order valence-electron chi connectivity index (χ2n) is 4.40. The van der Waals surface area contributed by atoms with E-state index in [2.05, 4.69) is 59.9 Å². The molecule has 0 unspecified atom stereocenters. The standard InChI is InChI=1S/C11H16.C6H12/c1-6-9(4)11(8-3)10(5)7-2;1-5(2)6(3)4/h6-8H,1,4H2,2-3,5H3;1-4H3/b10-7+,11-8?;. The van der Waals surface area contributed by atoms with Gasteiger partial charge in [0.2, 0.25) is 0 Å². The smallest absolute Gasteiger partial charge is 0.0207 e. The number of hydrogen-bond acceptors (Lipinski definition) is 0. The molecule has 0 fully saturated rings. The first-order valence-corrected chi connectivity index (χ1v) is 6.03. The van der Waals surface area contributed by atoms with E-state index in [1.54, 1.807) is 6.08 Å². The molecule has 0 atom stereocenters. The lowest BCUT2D eigenvalue weighted by molar-refractivity contribution is 1.23. The molecule has 0 aromatic heterocycles. The minimum absolute atomic E-state index is 0.989. The van der Waals surface area contributed by atoms with Gasteiger partial charge in [-0.1, -0.05) is 42.5 Å². The molecule has 0 rings (SSSR count). The van der Waals surface area contributed by atoms with E-state index in [4.69, 9.17) is 0 Å². The Bertz CT molecular complexity index is 324. The quantitative estimate of drug-likeness (QED) is 0.413. The average Bonchev–Trinajstić information content (AvgIpc) is 2.29. The first-order valence-electron chi connectivity index (χ1n) is 6.03. The van der Waals surface area contributed by atoms with E-state index < -0.39 is 0 Å². The molecule has 0 bridgehead atoms. The maximum absolute atomic E-state index is 3.89. The van der Waals surface area contributed by atoms with Gasteiger partial charge in [-0.2, -0.15) is 0 Å². The van der Waals surface area contributed by atoms with Crippen LogP contribution >= 0.6 is 0 Å². The minimum atomic E-state index is 0.989. The monoisotopic (exact) mass is 232 g/mol. The van der Waals surface area contributed by atoms with Crippen LogP contribution in [0.5, 0.6) is 0 Å². The Labute approximate surface area is 108 Å². The third-order valence-corrected chi connectivity index (χ3v) is 2.74. The number of hydrogen-bond donors (Lipinski definition) is 0. The maximum atomic E-state index is 3.89. The van der Waals surface area contributed by atoms with Crippen molar-refractivity contribution in [1.29, 1.82) is 0 Å². The molecule has 0 N–H and O–H groups in total. The van der Waals surface area contributed by atoms with Gasteiger partial charge in [-0.05, 0) is 65.2 Å². The molecule has 96 valence electrons. The summed E-state index contributed by atoms with van der Waals surface area (Å²) in [7, 11) is 0. The summed E-state index contributed by atoms with van der Waals surface area (Å²) in [5, 5.41) is 0. The summed E-state index contributed by atoms with van der Waals surface area (Å²) in [4.78, 5) is 0. The SMILES string of the molecule is C=CC(=C)C(=CC)/C(C)=C/C.CC(C)=C(C)C. The van der Waals surface area contributed by atoms with Gasteiger partial charge in [0.15, 0.2) is 0 Å². The van der Waals surface area contributed by atoms with Crippen molar-refractivity contribution in [2.75, 3.05) is 0 Å². The summed E-state index contributed by atoms with van der Waals surface area (Å²) >= 11 is 0. The fourth-order valence-corrected chi connectivity index (χ4v) is 0.932. The van der Waals surface area contributed by atoms with Crippen LogP contribution in [0.25, 0.3) is 0 Å². The van der Waals surface area contributed by atoms with Gasteiger partial charge < -0.3 is 0 Å². The Morgan fingerprint density at radius 3 is 1.41 bits per heavy atom. The lowest BCUT2D eigenvalue weighted by Gasteiger charge is -2.05. The lowest BCUT2D eigenvalue weighted by Crippen LogP contribution is -1.86. The molecular formula is C17H28. The summed E-state index contributed by atoms with van der Waals surface area (Å²) in [6.45, 7) is 22.2. The Kier molecular flexibility index (Phi) is 10.5. The van der Waals surface area contributed by atoms with Gasteiger partial charge in [0.25, 0.3) is 0 Å². The van der Waals surface area contributed by atoms with Crippen LogP contribution in [-0.2, 0) is 0 Å². The van der Waals surface area contributed by atoms with Crippen molar-refractivity contribution in [2.45, 2.75) is 48.5 Å². The van der Waals surface area contributed by atoms with Crippen LogP contribution < -0.4 is 0 Å². The Balaban J connectivity index is 0. The molecule has 0 radical (unpaired) electrons. The molecule has 0 heterocycles. The second-order valence-corrected chi connectivity index (χ2v) is 4.40. The Morgan fingerprint density at radius 2 is 1.24 bits per heavy atom. The summed E-state index contributed by atoms with van der Waals surface area (Å²) in [6, 6.07) is 0. The molecule has 0 aliphatic carbocycles. The van der Waals surface area contributed by atoms with Crippen LogP contribution in [0.1, 0.15) is 48.5 Å². The zero-order valence-electron chi connectivity index (χ0n) is 12.6. The van der Waals surface area contributed by atoms with Gasteiger partial charge in [-0.15, -0.1) is 0 Å². The molecule has 0 aromatic rings. The largest absolute Gasteiger partial charge is 0.0985 e. The van der Waals surface area contributed by atoms with E-state index in [-0.39, 0.29) is 0 Å². The maximum Gasteiger partial charge on any atom is -0.0207 e. The van der Waals surface area contributed by atoms with Crippen molar-refractivity contribution >= 4 is 0 Å². The van der Waals surface area contributed by atoms with Gasteiger partial charge >= 0.3 is 0 Å². The van der Waals surface area contributed by atoms with Crippen LogP contribution in [0, 0.1) is 0 Å². The van der Waals surface area contributed by atoms with Gasteiger partial charge in [0.05, 0.1) is 0 Å². The summed E-state index contributed by atoms with van der Waals surface area (Å²) in [5.74, 6) is 0. The van der Waals surface area contributed by atoms with E-state index in [1.807, 2.05) is 13.8 Å². The molecule has 0 spiro atoms. The van der Waals surface area contributed by atoms with E-state index in [0.717, 1.165) is 5.57 Å². The first kappa shape index (κ1) is 18.1. The van der Waals surface area contributed by atoms with Gasteiger partial charge in [0.1, 0.15) is 0 Å². The van der Waals surface area contributed by atoms with Gasteiger partial charge in [-0.3, -0.25) is 0 Å². The van der Waals surface area contributed by atoms with Crippen LogP contribution in [0.2, 0.25) is 0 Å². The first-order chi connectivity index (χ1) is 7.81. The van der Waals surface area contributed by atoms with Gasteiger partial charge in [0, 0.05) is 0 Å². The second kappa shape index (κ2) is 9.89. The van der Waals surface area contributed by atoms with Crippen molar-refractivity contribution in [3.05, 3.63) is 59.3 Å².